The van der Waals surface area contributed by atoms with Gasteiger partial charge in [0.25, 0.3) is 17.7 Å². The quantitative estimate of drug-likeness (QED) is 0.0379. The lowest BCUT2D eigenvalue weighted by Crippen LogP contribution is -2.56. The van der Waals surface area contributed by atoms with Crippen molar-refractivity contribution in [3.05, 3.63) is 197 Å². The maximum atomic E-state index is 13.8. The molecular formula is C79H92Cl6N14O17S3. The topological polar surface area (TPSA) is 423 Å². The molecule has 3 aliphatic heterocycles. The number of aromatic nitrogens is 3. The number of aliphatic hydroxyl groups is 1. The number of hydrogen-bond acceptors (Lipinski definition) is 17. The second-order valence-electron chi connectivity index (χ2n) is 30.8. The van der Waals surface area contributed by atoms with E-state index in [1.54, 1.807) is 186 Å². The van der Waals surface area contributed by atoms with Gasteiger partial charge in [-0.25, -0.2) is 23.8 Å². The van der Waals surface area contributed by atoms with Crippen LogP contribution in [0, 0.1) is 0 Å². The molecule has 3 fully saturated rings. The molecule has 119 heavy (non-hydrogen) atoms. The van der Waals surface area contributed by atoms with Crippen LogP contribution in [0.5, 0.6) is 0 Å². The number of carboxylic acids is 1. The van der Waals surface area contributed by atoms with Crippen LogP contribution in [0.3, 0.4) is 0 Å². The summed E-state index contributed by atoms with van der Waals surface area (Å²) in [6, 6.07) is 35.5. The van der Waals surface area contributed by atoms with Crippen LogP contribution in [-0.2, 0) is 87.5 Å². The summed E-state index contributed by atoms with van der Waals surface area (Å²) in [7, 11) is -6.87. The summed E-state index contributed by atoms with van der Waals surface area (Å²) in [6.45, 7) is 14.0. The fraction of sp³-hybridized carbons (Fsp3) is 0.367. The van der Waals surface area contributed by atoms with E-state index in [2.05, 4.69) is 21.3 Å². The first kappa shape index (κ1) is 93.6. The number of carbonyl (C=O) groups excluding carboxylic acids is 7. The smallest absolute Gasteiger partial charge is 0.412 e. The summed E-state index contributed by atoms with van der Waals surface area (Å²) in [5, 5.41) is 34.0. The third-order valence-corrected chi connectivity index (χ3v) is 27.1. The molecule has 11 N–H and O–H groups in total. The number of halogens is 6. The second-order valence-corrected chi connectivity index (χ2v) is 38.2. The summed E-state index contributed by atoms with van der Waals surface area (Å²) in [5.74, 6) is -4.43. The Morgan fingerprint density at radius 3 is 1.03 bits per heavy atom. The lowest BCUT2D eigenvalue weighted by Gasteiger charge is -2.42. The molecule has 6 heterocycles. The van der Waals surface area contributed by atoms with E-state index in [1.165, 1.54) is 20.7 Å². The zero-order chi connectivity index (χ0) is 88.2. The molecule has 9 aromatic rings. The Labute approximate surface area is 718 Å². The molecule has 0 spiro atoms. The highest BCUT2D eigenvalue weighted by Crippen LogP contribution is 2.42. The molecule has 12 rings (SSSR count). The Hall–Kier alpha value is -9.27. The van der Waals surface area contributed by atoms with Gasteiger partial charge in [-0.05, 0) is 188 Å². The Morgan fingerprint density at radius 2 is 0.731 bits per heavy atom. The maximum absolute atomic E-state index is 13.8. The third-order valence-electron chi connectivity index (χ3n) is 19.8. The molecule has 0 aliphatic carbocycles. The number of nitrogens with one attached hydrogen (secondary N) is 7. The number of nitrogens with two attached hydrogens (primary N) is 1. The van der Waals surface area contributed by atoms with Crippen LogP contribution in [0.25, 0.3) is 32.7 Å². The van der Waals surface area contributed by atoms with Crippen molar-refractivity contribution < 1.29 is 78.6 Å². The van der Waals surface area contributed by atoms with Gasteiger partial charge in [-0.3, -0.25) is 34.1 Å². The Bertz CT molecular complexity index is 5820. The Balaban J connectivity index is 0.000000198. The molecule has 0 saturated carbocycles. The number of rotatable bonds is 17. The number of nitrogens with zero attached hydrogens (tertiary/aromatic N) is 6. The Morgan fingerprint density at radius 1 is 0.437 bits per heavy atom. The van der Waals surface area contributed by atoms with Crippen molar-refractivity contribution in [1.82, 2.24) is 56.7 Å². The first-order valence-corrected chi connectivity index (χ1v) is 43.5. The highest BCUT2D eigenvalue weighted by molar-refractivity contribution is 7.88. The highest BCUT2D eigenvalue weighted by Gasteiger charge is 2.45. The molecular weight excluding hydrogens is 1730 g/mol. The molecule has 3 saturated heterocycles. The SMILES string of the molecule is CC(=O)NS(=O)(=O)N1CCC(NC(=O)c2cc3c(Cl)c(Cl)ccc3n2C)(c2cccc(C(=O)O)c2)CC1.CC(=O)NS(=O)(=O)N1CCC(NC(=O)c2cc3c(Cl)c(Cl)ccc3n2C)(c2cccc(N)c2)CC1.CC(=O)NS(=O)(=O)N1CCC(NC(=O)c2cc3c(Cl)c(Cl)ccc3n2C)(c2cccc(NC(=O)OC(C)(C)C)c2)CC1.CC(C)(C)O. The van der Waals surface area contributed by atoms with Crippen molar-refractivity contribution in [3.8, 4) is 0 Å². The van der Waals surface area contributed by atoms with Gasteiger partial charge in [0, 0.05) is 125 Å². The van der Waals surface area contributed by atoms with Gasteiger partial charge in [0.15, 0.2) is 0 Å². The van der Waals surface area contributed by atoms with Crippen molar-refractivity contribution in [1.29, 1.82) is 0 Å². The number of piperidine rings is 3. The number of nitrogen functional groups attached to an aromatic ring is 1. The van der Waals surface area contributed by atoms with Gasteiger partial charge < -0.3 is 50.3 Å². The molecule has 3 aliphatic rings. The third kappa shape index (κ3) is 22.5. The van der Waals surface area contributed by atoms with E-state index >= 15 is 0 Å². The largest absolute Gasteiger partial charge is 0.478 e. The molecule has 0 bridgehead atoms. The first-order valence-electron chi connectivity index (χ1n) is 37.0. The summed E-state index contributed by atoms with van der Waals surface area (Å²) in [5.41, 5.74) is 7.92. The van der Waals surface area contributed by atoms with Gasteiger partial charge >= 0.3 is 42.7 Å². The van der Waals surface area contributed by atoms with Gasteiger partial charge in [0.2, 0.25) is 17.7 Å². The number of carbonyl (C=O) groups is 8. The van der Waals surface area contributed by atoms with Gasteiger partial charge in [0.1, 0.15) is 22.7 Å². The molecule has 31 nitrogen and oxygen atoms in total. The Kier molecular flexibility index (Phi) is 29.1. The van der Waals surface area contributed by atoms with E-state index in [9.17, 15) is 68.7 Å². The molecule has 7 amide bonds. The van der Waals surface area contributed by atoms with Crippen LogP contribution in [0.4, 0.5) is 16.2 Å². The average molecular weight is 1820 g/mol. The number of carboxylic acid groups (broad SMARTS) is 1. The van der Waals surface area contributed by atoms with Crippen LogP contribution in [0.1, 0.15) is 159 Å². The van der Waals surface area contributed by atoms with Gasteiger partial charge in [-0.2, -0.15) is 38.2 Å². The van der Waals surface area contributed by atoms with E-state index in [4.69, 9.17) is 85.2 Å². The molecule has 0 unspecified atom stereocenters. The summed E-state index contributed by atoms with van der Waals surface area (Å²) >= 11 is 37.6. The summed E-state index contributed by atoms with van der Waals surface area (Å²) in [4.78, 5) is 99.2. The van der Waals surface area contributed by atoms with E-state index < -0.39 is 100 Å². The minimum atomic E-state index is -4.05. The van der Waals surface area contributed by atoms with Crippen LogP contribution in [0.15, 0.2) is 127 Å². The number of amides is 7. The number of aryl methyl sites for hydroxylation is 3. The van der Waals surface area contributed by atoms with Gasteiger partial charge in [0.05, 0.1) is 57.9 Å². The molecule has 3 aromatic heterocycles. The maximum Gasteiger partial charge on any atom is 0.412 e. The van der Waals surface area contributed by atoms with Crippen molar-refractivity contribution >= 4 is 192 Å². The highest BCUT2D eigenvalue weighted by atomic mass is 35.5. The number of anilines is 2. The summed E-state index contributed by atoms with van der Waals surface area (Å²) in [6.07, 6.45) is 0.553. The van der Waals surface area contributed by atoms with Crippen LogP contribution in [-0.4, -0.2) is 160 Å². The lowest BCUT2D eigenvalue weighted by molar-refractivity contribution is -0.118. The number of aromatic carboxylic acids is 1. The number of ether oxygens (including phenoxy) is 1. The predicted molar refractivity (Wildman–Crippen MR) is 459 cm³/mol. The second kappa shape index (κ2) is 37.0. The normalized spacial score (nSPS) is 15.8. The minimum Gasteiger partial charge on any atom is -0.478 e. The molecule has 0 atom stereocenters. The zero-order valence-electron chi connectivity index (χ0n) is 66.9. The number of fused-ring (bicyclic) bond motifs is 3. The van der Waals surface area contributed by atoms with Crippen LogP contribution < -0.4 is 41.2 Å². The van der Waals surface area contributed by atoms with Crippen LogP contribution >= 0.6 is 69.6 Å². The summed E-state index contributed by atoms with van der Waals surface area (Å²) < 4.78 is 95.4. The molecule has 40 heteroatoms. The minimum absolute atomic E-state index is 0.0170. The van der Waals surface area contributed by atoms with E-state index in [0.717, 1.165) is 36.2 Å². The lowest BCUT2D eigenvalue weighted by atomic mass is 9.80. The standard InChI is InChI=1S/C28H33Cl2N5O6S.C24H24Cl2N4O6S.C23H25Cl2N5O4S.C4H10O/c1-17(36)33-42(39,40)35-13-11-28(12-14-35,18-7-6-8-19(15-18)31-26(38)41-27(2,3)4)32-25(37)23-16-20-22(34(23)5)10-9-21(29)24(20)30;1-14(31)28-37(35,36)30-10-8-24(9-11-30,16-5-3-4-15(12-16)23(33)34)27-22(32)20-13-17-19(29(20)2)7-6-18(25)21(17)26;1-14(31)28-35(33,34)30-10-8-23(9-11-30,15-4-3-5-16(26)12-15)27-22(32)20-13-17-19(29(20)2)7-6-18(24)21(17)25;1-4(2,3)5/h6-10,15-16H,11-14H2,1-5H3,(H,31,38)(H,32,37)(H,33,36);3-7,12-13H,8-11H2,1-2H3,(H,27,32)(H,28,31)(H,33,34);3-7,12-13H,8-11,26H2,1-2H3,(H,27,32)(H,28,31);5H,1-3H3. The average Bonchev–Trinajstić information content (AvgIpc) is 1.73. The monoisotopic (exact) mass is 1810 g/mol. The van der Waals surface area contributed by atoms with Crippen molar-refractivity contribution in [3.63, 3.8) is 0 Å². The molecule has 640 valence electrons. The van der Waals surface area contributed by atoms with Gasteiger partial charge in [-0.15, -0.1) is 0 Å². The van der Waals surface area contributed by atoms with E-state index in [1.807, 2.05) is 20.2 Å². The van der Waals surface area contributed by atoms with Crippen molar-refractivity contribution in [2.75, 3.05) is 50.3 Å². The van der Waals surface area contributed by atoms with Crippen LogP contribution in [0.2, 0.25) is 30.1 Å². The van der Waals surface area contributed by atoms with Crippen molar-refractivity contribution in [2.24, 2.45) is 21.1 Å². The fourth-order valence-electron chi connectivity index (χ4n) is 14.2. The van der Waals surface area contributed by atoms with E-state index in [0.29, 0.717) is 96.9 Å². The fourth-order valence-corrected chi connectivity index (χ4v) is 18.8. The van der Waals surface area contributed by atoms with Crippen molar-refractivity contribution in [2.45, 2.75) is 129 Å². The number of benzene rings is 6. The molecule has 0 radical (unpaired) electrons. The first-order chi connectivity index (χ1) is 55.3. The van der Waals surface area contributed by atoms with Gasteiger partial charge in [-0.1, -0.05) is 106 Å². The molecule has 6 aromatic carbocycles. The number of hydrogen-bond donors (Lipinski definition) is 10. The van der Waals surface area contributed by atoms with E-state index in [-0.39, 0.29) is 89.3 Å². The zero-order valence-corrected chi connectivity index (χ0v) is 73.9. The predicted octanol–water partition coefficient (Wildman–Crippen LogP) is 12.2.